The van der Waals surface area contributed by atoms with Crippen LogP contribution in [0.1, 0.15) is 56.9 Å². The van der Waals surface area contributed by atoms with Crippen molar-refractivity contribution >= 4 is 28.8 Å². The lowest BCUT2D eigenvalue weighted by molar-refractivity contribution is 0.292. The smallest absolute Gasteiger partial charge is 0.170 e. The molecule has 1 aromatic carbocycles. The number of aromatic nitrogens is 1. The quantitative estimate of drug-likeness (QED) is 0.627. The summed E-state index contributed by atoms with van der Waals surface area (Å²) in [5.41, 5.74) is 2.10. The van der Waals surface area contributed by atoms with E-state index in [1.807, 2.05) is 24.4 Å². The average Bonchev–Trinajstić information content (AvgIpc) is 2.80. The summed E-state index contributed by atoms with van der Waals surface area (Å²) in [6.45, 7) is 2.93. The maximum Gasteiger partial charge on any atom is 0.170 e. The molecule has 2 aliphatic rings. The zero-order valence-electron chi connectivity index (χ0n) is 17.5. The van der Waals surface area contributed by atoms with Gasteiger partial charge in [0.1, 0.15) is 11.6 Å². The number of nitrogens with one attached hydrogen (secondary N) is 2. The lowest BCUT2D eigenvalue weighted by atomic mass is 9.69. The van der Waals surface area contributed by atoms with E-state index in [0.717, 1.165) is 44.0 Å². The summed E-state index contributed by atoms with van der Waals surface area (Å²) in [5, 5.41) is 7.30. The first-order valence-corrected chi connectivity index (χ1v) is 11.6. The minimum Gasteiger partial charge on any atom is -0.362 e. The molecule has 0 atom stereocenters. The molecule has 30 heavy (non-hydrogen) atoms. The number of piperidine rings is 1. The van der Waals surface area contributed by atoms with Gasteiger partial charge in [0.25, 0.3) is 0 Å². The van der Waals surface area contributed by atoms with Gasteiger partial charge in [0.2, 0.25) is 0 Å². The van der Waals surface area contributed by atoms with Crippen molar-refractivity contribution in [1.29, 1.82) is 0 Å². The van der Waals surface area contributed by atoms with Gasteiger partial charge in [0.05, 0.1) is 11.9 Å². The van der Waals surface area contributed by atoms with Crippen LogP contribution in [0.4, 0.5) is 15.9 Å². The molecule has 2 fully saturated rings. The molecule has 6 heteroatoms. The van der Waals surface area contributed by atoms with Crippen molar-refractivity contribution in [3.8, 4) is 0 Å². The Hall–Kier alpha value is -2.21. The van der Waals surface area contributed by atoms with Crippen LogP contribution in [0.2, 0.25) is 0 Å². The van der Waals surface area contributed by atoms with Gasteiger partial charge < -0.3 is 15.5 Å². The number of rotatable bonds is 5. The van der Waals surface area contributed by atoms with Gasteiger partial charge in [0, 0.05) is 25.0 Å². The van der Waals surface area contributed by atoms with Gasteiger partial charge >= 0.3 is 0 Å². The molecule has 1 saturated carbocycles. The normalized spacial score (nSPS) is 18.6. The van der Waals surface area contributed by atoms with Gasteiger partial charge in [-0.3, -0.25) is 0 Å². The summed E-state index contributed by atoms with van der Waals surface area (Å²) in [5.74, 6) is 0.854. The number of hydrogen-bond acceptors (Lipinski definition) is 3. The SMILES string of the molecule is Fc1ccc(C2(CNC(=S)Nc3ccc(N4CCCCC4)nc3)CCCCC2)cc1. The predicted molar refractivity (Wildman–Crippen MR) is 126 cm³/mol. The maximum absolute atomic E-state index is 13.4. The van der Waals surface area contributed by atoms with Crippen LogP contribution >= 0.6 is 12.2 Å². The standard InChI is InChI=1S/C24H31FN4S/c25-20-9-7-19(8-10-20)24(13-3-1-4-14-24)18-27-23(30)28-21-11-12-22(26-17-21)29-15-5-2-6-16-29/h7-12,17H,1-6,13-16,18H2,(H2,27,28,30). The molecule has 4 nitrogen and oxygen atoms in total. The fourth-order valence-corrected chi connectivity index (χ4v) is 4.98. The molecule has 0 unspecified atom stereocenters. The molecule has 0 bridgehead atoms. The summed E-state index contributed by atoms with van der Waals surface area (Å²) < 4.78 is 13.4. The van der Waals surface area contributed by atoms with E-state index >= 15 is 0 Å². The van der Waals surface area contributed by atoms with Crippen LogP contribution in [-0.4, -0.2) is 29.7 Å². The van der Waals surface area contributed by atoms with Gasteiger partial charge in [-0.1, -0.05) is 31.4 Å². The Balaban J connectivity index is 1.36. The number of anilines is 2. The number of pyridine rings is 1. The molecule has 160 valence electrons. The van der Waals surface area contributed by atoms with Crippen LogP contribution in [0.15, 0.2) is 42.6 Å². The largest absolute Gasteiger partial charge is 0.362 e. The Morgan fingerprint density at radius 1 is 0.967 bits per heavy atom. The molecular weight excluding hydrogens is 395 g/mol. The number of hydrogen-bond donors (Lipinski definition) is 2. The summed E-state index contributed by atoms with van der Waals surface area (Å²) in [7, 11) is 0. The summed E-state index contributed by atoms with van der Waals surface area (Å²) in [4.78, 5) is 6.96. The lowest BCUT2D eigenvalue weighted by Crippen LogP contribution is -2.43. The van der Waals surface area contributed by atoms with Crippen molar-refractivity contribution in [2.24, 2.45) is 0 Å². The van der Waals surface area contributed by atoms with Gasteiger partial charge in [-0.2, -0.15) is 0 Å². The zero-order valence-corrected chi connectivity index (χ0v) is 18.3. The zero-order chi connectivity index (χ0) is 20.8. The first-order valence-electron chi connectivity index (χ1n) is 11.2. The average molecular weight is 427 g/mol. The number of thiocarbonyl (C=S) groups is 1. The third-order valence-electron chi connectivity index (χ3n) is 6.54. The van der Waals surface area contributed by atoms with Crippen molar-refractivity contribution in [2.75, 3.05) is 29.9 Å². The second-order valence-electron chi connectivity index (χ2n) is 8.61. The highest BCUT2D eigenvalue weighted by molar-refractivity contribution is 7.80. The summed E-state index contributed by atoms with van der Waals surface area (Å²) in [6, 6.07) is 11.1. The Labute approximate surface area is 184 Å². The molecule has 1 aliphatic heterocycles. The van der Waals surface area contributed by atoms with E-state index in [0.29, 0.717) is 5.11 Å². The third kappa shape index (κ3) is 5.09. The number of benzene rings is 1. The Morgan fingerprint density at radius 2 is 1.67 bits per heavy atom. The second-order valence-corrected chi connectivity index (χ2v) is 9.02. The summed E-state index contributed by atoms with van der Waals surface area (Å²) >= 11 is 5.56. The van der Waals surface area contributed by atoms with Crippen LogP contribution < -0.4 is 15.5 Å². The summed E-state index contributed by atoms with van der Waals surface area (Å²) in [6.07, 6.45) is 11.5. The Morgan fingerprint density at radius 3 is 2.33 bits per heavy atom. The van der Waals surface area contributed by atoms with Crippen LogP contribution in [0.5, 0.6) is 0 Å². The lowest BCUT2D eigenvalue weighted by Gasteiger charge is -2.38. The van der Waals surface area contributed by atoms with Crippen LogP contribution in [0.25, 0.3) is 0 Å². The van der Waals surface area contributed by atoms with Crippen molar-refractivity contribution in [3.05, 3.63) is 54.0 Å². The molecular formula is C24H31FN4S. The molecule has 2 N–H and O–H groups in total. The minimum absolute atomic E-state index is 0.00800. The molecule has 0 radical (unpaired) electrons. The molecule has 0 amide bonds. The molecule has 4 rings (SSSR count). The predicted octanol–water partition coefficient (Wildman–Crippen LogP) is 5.40. The second kappa shape index (κ2) is 9.73. The first-order chi connectivity index (χ1) is 14.6. The molecule has 0 spiro atoms. The van der Waals surface area contributed by atoms with Gasteiger partial charge in [-0.15, -0.1) is 0 Å². The van der Waals surface area contributed by atoms with E-state index in [1.165, 1.54) is 44.1 Å². The monoisotopic (exact) mass is 426 g/mol. The highest BCUT2D eigenvalue weighted by Gasteiger charge is 2.34. The Kier molecular flexibility index (Phi) is 6.82. The van der Waals surface area contributed by atoms with Crippen LogP contribution in [-0.2, 0) is 5.41 Å². The molecule has 1 saturated heterocycles. The van der Waals surface area contributed by atoms with E-state index in [9.17, 15) is 4.39 Å². The minimum atomic E-state index is -0.185. The number of nitrogens with zero attached hydrogens (tertiary/aromatic N) is 2. The van der Waals surface area contributed by atoms with E-state index in [4.69, 9.17) is 12.2 Å². The fourth-order valence-electron chi connectivity index (χ4n) is 4.79. The van der Waals surface area contributed by atoms with E-state index in [1.54, 1.807) is 12.1 Å². The van der Waals surface area contributed by atoms with Gasteiger partial charge in [0.15, 0.2) is 5.11 Å². The van der Waals surface area contributed by atoms with Gasteiger partial charge in [-0.25, -0.2) is 9.37 Å². The van der Waals surface area contributed by atoms with Crippen LogP contribution in [0.3, 0.4) is 0 Å². The highest BCUT2D eigenvalue weighted by Crippen LogP contribution is 2.39. The highest BCUT2D eigenvalue weighted by atomic mass is 32.1. The van der Waals surface area contributed by atoms with E-state index in [-0.39, 0.29) is 11.2 Å². The maximum atomic E-state index is 13.4. The first kappa shape index (κ1) is 21.0. The molecule has 1 aliphatic carbocycles. The van der Waals surface area contributed by atoms with Crippen molar-refractivity contribution in [1.82, 2.24) is 10.3 Å². The van der Waals surface area contributed by atoms with Crippen molar-refractivity contribution in [2.45, 2.75) is 56.8 Å². The number of halogens is 1. The van der Waals surface area contributed by atoms with Crippen molar-refractivity contribution < 1.29 is 4.39 Å². The Bertz CT molecular complexity index is 825. The van der Waals surface area contributed by atoms with Gasteiger partial charge in [-0.05, 0) is 74.2 Å². The van der Waals surface area contributed by atoms with Crippen LogP contribution in [0, 0.1) is 5.82 Å². The third-order valence-corrected chi connectivity index (χ3v) is 6.79. The molecule has 1 aromatic heterocycles. The molecule has 2 heterocycles. The van der Waals surface area contributed by atoms with E-state index < -0.39 is 0 Å². The topological polar surface area (TPSA) is 40.2 Å². The molecule has 2 aromatic rings. The van der Waals surface area contributed by atoms with E-state index in [2.05, 4.69) is 26.6 Å². The van der Waals surface area contributed by atoms with Crippen molar-refractivity contribution in [3.63, 3.8) is 0 Å². The fraction of sp³-hybridized carbons (Fsp3) is 0.500.